The van der Waals surface area contributed by atoms with Crippen molar-refractivity contribution in [3.8, 4) is 11.1 Å². The number of hydrogen-bond donors (Lipinski definition) is 1. The predicted octanol–water partition coefficient (Wildman–Crippen LogP) is 6.94. The first-order chi connectivity index (χ1) is 18.6. The zero-order chi connectivity index (χ0) is 28.7. The molecule has 3 aromatic carbocycles. The molecule has 8 heteroatoms. The number of benzene rings is 3. The van der Waals surface area contributed by atoms with Crippen molar-refractivity contribution in [3.63, 3.8) is 0 Å². The first-order valence-corrected chi connectivity index (χ1v) is 15.2. The van der Waals surface area contributed by atoms with Gasteiger partial charge in [-0.2, -0.15) is 0 Å². The van der Waals surface area contributed by atoms with Crippen LogP contribution >= 0.6 is 19.4 Å². The molecular weight excluding hydrogens is 527 g/mol. The van der Waals surface area contributed by atoms with E-state index >= 15 is 0 Å². The number of aromatic nitrogens is 3. The lowest BCUT2D eigenvalue weighted by Gasteiger charge is -2.31. The minimum Gasteiger partial charge on any atom is -0.336 e. The Morgan fingerprint density at radius 1 is 0.897 bits per heavy atom. The summed E-state index contributed by atoms with van der Waals surface area (Å²) in [6, 6.07) is 25.2. The summed E-state index contributed by atoms with van der Waals surface area (Å²) in [7, 11) is 2.85. The fourth-order valence-corrected chi connectivity index (χ4v) is 4.60. The van der Waals surface area contributed by atoms with Gasteiger partial charge in [0.05, 0.1) is 23.7 Å². The van der Waals surface area contributed by atoms with E-state index in [1.165, 1.54) is 0 Å². The number of halogens is 1. The van der Waals surface area contributed by atoms with Crippen LogP contribution in [-0.2, 0) is 24.2 Å². The van der Waals surface area contributed by atoms with Gasteiger partial charge in [-0.3, -0.25) is 4.79 Å². The Kier molecular flexibility index (Phi) is 9.98. The number of hydrogen-bond acceptors (Lipinski definition) is 4. The van der Waals surface area contributed by atoms with Crippen molar-refractivity contribution in [2.75, 3.05) is 13.3 Å². The lowest BCUT2D eigenvalue weighted by atomic mass is 9.80. The third-order valence-electron chi connectivity index (χ3n) is 6.31. The minimum atomic E-state index is -0.979. The van der Waals surface area contributed by atoms with Crippen LogP contribution in [0.5, 0.6) is 0 Å². The monoisotopic (exact) mass is 561 g/mol. The van der Waals surface area contributed by atoms with Crippen LogP contribution in [0.15, 0.2) is 96.2 Å². The van der Waals surface area contributed by atoms with Crippen molar-refractivity contribution in [2.45, 2.75) is 19.4 Å². The largest absolute Gasteiger partial charge is 0.336 e. The van der Waals surface area contributed by atoms with Crippen molar-refractivity contribution >= 4 is 30.3 Å². The molecule has 6 nitrogen and oxygen atoms in total. The van der Waals surface area contributed by atoms with Gasteiger partial charge >= 0.3 is 7.80 Å². The molecule has 39 heavy (non-hydrogen) atoms. The molecule has 0 bridgehead atoms. The van der Waals surface area contributed by atoms with Crippen molar-refractivity contribution < 1.29 is 4.57 Å². The molecular formula is C31H35ClN4O2P+. The average Bonchev–Trinajstić information content (AvgIpc) is 3.38. The summed E-state index contributed by atoms with van der Waals surface area (Å²) in [4.78, 5) is 17.0. The Morgan fingerprint density at radius 2 is 1.49 bits per heavy atom. The molecule has 5 aromatic rings. The van der Waals surface area contributed by atoms with Crippen molar-refractivity contribution in [1.29, 1.82) is 0 Å². The van der Waals surface area contributed by atoms with E-state index in [9.17, 15) is 9.36 Å². The van der Waals surface area contributed by atoms with E-state index in [1.807, 2.05) is 92.2 Å². The van der Waals surface area contributed by atoms with Crippen LogP contribution in [0, 0.1) is 0 Å². The van der Waals surface area contributed by atoms with E-state index < -0.39 is 13.3 Å². The fourth-order valence-electron chi connectivity index (χ4n) is 4.48. The van der Waals surface area contributed by atoms with E-state index in [0.717, 1.165) is 38.9 Å². The summed E-state index contributed by atoms with van der Waals surface area (Å²) in [6.07, 6.45) is 3.53. The topological polar surface area (TPSA) is 82.9 Å². The summed E-state index contributed by atoms with van der Waals surface area (Å²) in [6.45, 7) is 7.35. The standard InChI is InChI=1S/C27H23ClN4O.C2H6OP.C2H6/c1-31-17-30-16-25(31)27(29,19-8-11-21(28)12-9-19)20-10-13-24-23(14-20)22(15-26(33)32(24)2)18-6-4-3-5-7-18;1-4(2)3;1-2/h3-17H,29H2,1-2H3;1-2H3;1-2H3/q;+1;. The Bertz CT molecular complexity index is 1620. The predicted molar refractivity (Wildman–Crippen MR) is 164 cm³/mol. The maximum absolute atomic E-state index is 12.7. The highest BCUT2D eigenvalue weighted by Gasteiger charge is 2.35. The highest BCUT2D eigenvalue weighted by Crippen LogP contribution is 2.37. The van der Waals surface area contributed by atoms with Crippen LogP contribution in [-0.4, -0.2) is 27.4 Å². The smallest absolute Gasteiger partial charge is 0.332 e. The average molecular weight is 562 g/mol. The summed E-state index contributed by atoms with van der Waals surface area (Å²) in [5.41, 5.74) is 11.5. The summed E-state index contributed by atoms with van der Waals surface area (Å²) in [5, 5.41) is 1.60. The molecule has 2 aromatic heterocycles. The van der Waals surface area contributed by atoms with Crippen LogP contribution in [0.25, 0.3) is 22.0 Å². The second kappa shape index (κ2) is 13.0. The number of nitrogens with two attached hydrogens (primary N) is 1. The third-order valence-corrected chi connectivity index (χ3v) is 6.56. The van der Waals surface area contributed by atoms with Gasteiger partial charge in [0.25, 0.3) is 5.56 Å². The summed E-state index contributed by atoms with van der Waals surface area (Å²) >= 11 is 6.17. The van der Waals surface area contributed by atoms with Gasteiger partial charge < -0.3 is 14.9 Å². The van der Waals surface area contributed by atoms with E-state index in [0.29, 0.717) is 5.02 Å². The molecule has 0 spiro atoms. The Morgan fingerprint density at radius 3 is 2.05 bits per heavy atom. The Hall–Kier alpha value is -3.57. The van der Waals surface area contributed by atoms with Crippen LogP contribution < -0.4 is 11.3 Å². The summed E-state index contributed by atoms with van der Waals surface area (Å²) in [5.74, 6) is 0. The summed E-state index contributed by atoms with van der Waals surface area (Å²) < 4.78 is 13.2. The second-order valence-corrected chi connectivity index (χ2v) is 11.1. The molecule has 0 aliphatic carbocycles. The second-order valence-electron chi connectivity index (χ2n) is 9.07. The van der Waals surface area contributed by atoms with E-state index in [4.69, 9.17) is 17.3 Å². The molecule has 2 N–H and O–H groups in total. The van der Waals surface area contributed by atoms with Gasteiger partial charge in [-0.25, -0.2) is 4.98 Å². The lowest BCUT2D eigenvalue weighted by Crippen LogP contribution is -2.41. The molecule has 0 fully saturated rings. The molecule has 2 heterocycles. The van der Waals surface area contributed by atoms with Gasteiger partial charge in [0.2, 0.25) is 0 Å². The third kappa shape index (κ3) is 6.36. The maximum atomic E-state index is 12.7. The molecule has 0 saturated heterocycles. The number of nitrogens with zero attached hydrogens (tertiary/aromatic N) is 3. The zero-order valence-corrected chi connectivity index (χ0v) is 24.9. The van der Waals surface area contributed by atoms with Crippen LogP contribution in [0.2, 0.25) is 5.02 Å². The van der Waals surface area contributed by atoms with Crippen LogP contribution in [0.1, 0.15) is 30.7 Å². The van der Waals surface area contributed by atoms with Gasteiger partial charge in [0, 0.05) is 30.6 Å². The van der Waals surface area contributed by atoms with Crippen molar-refractivity contribution in [1.82, 2.24) is 14.1 Å². The molecule has 0 saturated carbocycles. The van der Waals surface area contributed by atoms with Crippen LogP contribution in [0.4, 0.5) is 0 Å². The molecule has 0 aliphatic heterocycles. The highest BCUT2D eigenvalue weighted by atomic mass is 35.5. The van der Waals surface area contributed by atoms with Gasteiger partial charge in [-0.15, -0.1) is 0 Å². The number of imidazole rings is 1. The molecule has 202 valence electrons. The van der Waals surface area contributed by atoms with Gasteiger partial charge in [0.1, 0.15) is 18.9 Å². The van der Waals surface area contributed by atoms with Gasteiger partial charge in [-0.05, 0) is 46.5 Å². The first-order valence-electron chi connectivity index (χ1n) is 12.7. The number of fused-ring (bicyclic) bond motifs is 1. The normalized spacial score (nSPS) is 12.0. The molecule has 0 aliphatic rings. The maximum Gasteiger partial charge on any atom is 0.332 e. The minimum absolute atomic E-state index is 0.0579. The zero-order valence-electron chi connectivity index (χ0n) is 23.2. The highest BCUT2D eigenvalue weighted by molar-refractivity contribution is 7.42. The number of rotatable bonds is 4. The first kappa shape index (κ1) is 30.0. The Labute approximate surface area is 235 Å². The van der Waals surface area contributed by atoms with E-state index in [-0.39, 0.29) is 5.56 Å². The van der Waals surface area contributed by atoms with E-state index in [2.05, 4.69) is 11.1 Å². The molecule has 0 amide bonds. The fraction of sp³-hybridized carbons (Fsp3) is 0.226. The lowest BCUT2D eigenvalue weighted by molar-refractivity contribution is 0.594. The number of pyridine rings is 1. The van der Waals surface area contributed by atoms with Gasteiger partial charge in [0.15, 0.2) is 0 Å². The molecule has 1 atom stereocenters. The van der Waals surface area contributed by atoms with E-state index in [1.54, 1.807) is 43.5 Å². The number of aryl methyl sites for hydroxylation is 2. The van der Waals surface area contributed by atoms with Gasteiger partial charge in [-0.1, -0.05) is 78.5 Å². The quantitative estimate of drug-likeness (QED) is 0.241. The SMILES string of the molecule is CC.C[P+](C)=O.Cn1cncc1C(N)(c1ccc(Cl)cc1)c1ccc2c(c1)c(-c1ccccc1)cc(=O)n2C. The molecule has 1 unspecified atom stereocenters. The molecule has 0 radical (unpaired) electrons. The van der Waals surface area contributed by atoms with Crippen molar-refractivity contribution in [3.05, 3.63) is 124 Å². The molecule has 5 rings (SSSR count). The van der Waals surface area contributed by atoms with Crippen molar-refractivity contribution in [2.24, 2.45) is 19.8 Å². The van der Waals surface area contributed by atoms with Crippen LogP contribution in [0.3, 0.4) is 0 Å². The Balaban J connectivity index is 0.000000644.